The van der Waals surface area contributed by atoms with E-state index in [1.807, 2.05) is 25.1 Å². The third-order valence-electron chi connectivity index (χ3n) is 2.92. The molecule has 2 rings (SSSR count). The van der Waals surface area contributed by atoms with Gasteiger partial charge >= 0.3 is 0 Å². The van der Waals surface area contributed by atoms with Gasteiger partial charge < -0.3 is 9.84 Å². The van der Waals surface area contributed by atoms with E-state index in [1.54, 1.807) is 12.3 Å². The molecule has 0 aliphatic rings. The quantitative estimate of drug-likeness (QED) is 0.889. The van der Waals surface area contributed by atoms with Crippen LogP contribution in [0.15, 0.2) is 35.0 Å². The number of pyridine rings is 1. The van der Waals surface area contributed by atoms with Crippen LogP contribution in [0.4, 0.5) is 0 Å². The molecule has 2 aromatic heterocycles. The van der Waals surface area contributed by atoms with Crippen LogP contribution in [0.25, 0.3) is 0 Å². The van der Waals surface area contributed by atoms with Crippen LogP contribution in [-0.4, -0.2) is 16.0 Å². The number of hydrogen-bond donors (Lipinski definition) is 1. The molecule has 0 spiro atoms. The van der Waals surface area contributed by atoms with E-state index in [2.05, 4.69) is 15.5 Å². The molecule has 0 saturated heterocycles. The summed E-state index contributed by atoms with van der Waals surface area (Å²) in [6.45, 7) is 2.01. The van der Waals surface area contributed by atoms with Gasteiger partial charge in [-0.3, -0.25) is 9.78 Å². The Morgan fingerprint density at radius 1 is 1.50 bits per heavy atom. The Kier molecular flexibility index (Phi) is 5.12. The Hall–Kier alpha value is -1.88. The molecule has 0 aromatic carbocycles. The summed E-state index contributed by atoms with van der Waals surface area (Å²) in [5, 5.41) is 6.84. The summed E-state index contributed by atoms with van der Waals surface area (Å²) in [5.41, 5.74) is 0.867. The summed E-state index contributed by atoms with van der Waals surface area (Å²) >= 11 is 5.65. The van der Waals surface area contributed by atoms with Crippen molar-refractivity contribution in [1.29, 1.82) is 0 Å². The first kappa shape index (κ1) is 14.5. The lowest BCUT2D eigenvalue weighted by molar-refractivity contribution is -0.121. The second-order valence-electron chi connectivity index (χ2n) is 4.40. The average molecular weight is 294 g/mol. The molecule has 0 aliphatic heterocycles. The number of rotatable bonds is 6. The van der Waals surface area contributed by atoms with E-state index in [-0.39, 0.29) is 11.9 Å². The number of hydrogen-bond acceptors (Lipinski definition) is 4. The van der Waals surface area contributed by atoms with Crippen LogP contribution in [0.5, 0.6) is 0 Å². The van der Waals surface area contributed by atoms with Gasteiger partial charge in [-0.1, -0.05) is 29.7 Å². The summed E-state index contributed by atoms with van der Waals surface area (Å²) < 4.78 is 4.96. The number of halogens is 1. The van der Waals surface area contributed by atoms with Crippen molar-refractivity contribution in [2.45, 2.75) is 32.2 Å². The molecule has 0 unspecified atom stereocenters. The summed E-state index contributed by atoms with van der Waals surface area (Å²) in [4.78, 5) is 16.2. The van der Waals surface area contributed by atoms with Gasteiger partial charge in [0.05, 0.1) is 11.7 Å². The maximum atomic E-state index is 11.9. The first-order chi connectivity index (χ1) is 9.69. The normalized spacial score (nSPS) is 12.1. The molecule has 6 heteroatoms. The largest absolute Gasteiger partial charge is 0.360 e. The first-order valence-electron chi connectivity index (χ1n) is 6.50. The van der Waals surface area contributed by atoms with Crippen molar-refractivity contribution >= 4 is 17.5 Å². The molecule has 5 nitrogen and oxygen atoms in total. The number of carbonyl (C=O) groups is 1. The highest BCUT2D eigenvalue weighted by Crippen LogP contribution is 2.14. The zero-order chi connectivity index (χ0) is 14.4. The van der Waals surface area contributed by atoms with Crippen molar-refractivity contribution in [3.63, 3.8) is 0 Å². The maximum Gasteiger partial charge on any atom is 0.220 e. The monoisotopic (exact) mass is 293 g/mol. The van der Waals surface area contributed by atoms with Crippen LogP contribution < -0.4 is 5.32 Å². The van der Waals surface area contributed by atoms with E-state index < -0.39 is 0 Å². The number of nitrogens with one attached hydrogen (secondary N) is 1. The van der Waals surface area contributed by atoms with Gasteiger partial charge in [0.2, 0.25) is 5.91 Å². The number of carbonyl (C=O) groups excluding carboxylic acids is 1. The van der Waals surface area contributed by atoms with Gasteiger partial charge in [0.25, 0.3) is 0 Å². The van der Waals surface area contributed by atoms with Gasteiger partial charge in [0.15, 0.2) is 5.15 Å². The minimum Gasteiger partial charge on any atom is -0.360 e. The molecule has 0 radical (unpaired) electrons. The van der Waals surface area contributed by atoms with E-state index in [0.717, 1.165) is 12.1 Å². The number of aromatic nitrogens is 2. The number of amides is 1. The van der Waals surface area contributed by atoms with Crippen molar-refractivity contribution in [1.82, 2.24) is 15.5 Å². The topological polar surface area (TPSA) is 68.0 Å². The van der Waals surface area contributed by atoms with Gasteiger partial charge in [-0.2, -0.15) is 0 Å². The van der Waals surface area contributed by atoms with E-state index in [1.165, 1.54) is 0 Å². The van der Waals surface area contributed by atoms with Gasteiger partial charge in [-0.15, -0.1) is 0 Å². The maximum absolute atomic E-state index is 11.9. The Morgan fingerprint density at radius 2 is 2.35 bits per heavy atom. The Balaban J connectivity index is 1.86. The van der Waals surface area contributed by atoms with E-state index in [0.29, 0.717) is 23.8 Å². The van der Waals surface area contributed by atoms with Gasteiger partial charge in [-0.25, -0.2) is 0 Å². The fraction of sp³-hybridized carbons (Fsp3) is 0.357. The smallest absolute Gasteiger partial charge is 0.220 e. The van der Waals surface area contributed by atoms with Gasteiger partial charge in [0.1, 0.15) is 5.76 Å². The Morgan fingerprint density at radius 3 is 2.95 bits per heavy atom. The van der Waals surface area contributed by atoms with Crippen LogP contribution in [0.2, 0.25) is 5.15 Å². The van der Waals surface area contributed by atoms with E-state index >= 15 is 0 Å². The summed E-state index contributed by atoms with van der Waals surface area (Å²) in [7, 11) is 0. The molecule has 1 atom stereocenters. The highest BCUT2D eigenvalue weighted by atomic mass is 35.5. The van der Waals surface area contributed by atoms with Gasteiger partial charge in [-0.05, 0) is 18.6 Å². The SMILES string of the molecule is CC[C@H](NC(=O)CCc1cc(Cl)no1)c1ccccn1. The lowest BCUT2D eigenvalue weighted by Crippen LogP contribution is -2.28. The molecule has 1 amide bonds. The molecule has 0 aliphatic carbocycles. The standard InChI is InChI=1S/C14H16ClN3O2/c1-2-11(12-5-3-4-8-16-12)17-14(19)7-6-10-9-13(15)18-20-10/h3-5,8-9,11H,2,6-7H2,1H3,(H,17,19)/t11-/m0/s1. The average Bonchev–Trinajstić information content (AvgIpc) is 2.89. The van der Waals surface area contributed by atoms with Crippen LogP contribution in [0.1, 0.15) is 37.3 Å². The Labute approximate surface area is 122 Å². The van der Waals surface area contributed by atoms with Crippen LogP contribution >= 0.6 is 11.6 Å². The van der Waals surface area contributed by atoms with E-state index in [4.69, 9.17) is 16.1 Å². The van der Waals surface area contributed by atoms with Crippen LogP contribution in [0, 0.1) is 0 Å². The van der Waals surface area contributed by atoms with Crippen molar-refractivity contribution in [2.75, 3.05) is 0 Å². The Bertz CT molecular complexity index is 557. The summed E-state index contributed by atoms with van der Waals surface area (Å²) in [5.74, 6) is 0.561. The second kappa shape index (κ2) is 7.05. The van der Waals surface area contributed by atoms with Crippen molar-refractivity contribution in [2.24, 2.45) is 0 Å². The lowest BCUT2D eigenvalue weighted by Gasteiger charge is -2.16. The molecule has 0 saturated carbocycles. The predicted octanol–water partition coefficient (Wildman–Crippen LogP) is 2.92. The fourth-order valence-electron chi connectivity index (χ4n) is 1.88. The lowest BCUT2D eigenvalue weighted by atomic mass is 10.1. The fourth-order valence-corrected chi connectivity index (χ4v) is 2.03. The molecular formula is C14H16ClN3O2. The summed E-state index contributed by atoms with van der Waals surface area (Å²) in [6, 6.07) is 7.22. The molecule has 2 aromatic rings. The van der Waals surface area contributed by atoms with Crippen molar-refractivity contribution in [3.05, 3.63) is 47.1 Å². The van der Waals surface area contributed by atoms with Crippen molar-refractivity contribution < 1.29 is 9.32 Å². The number of aryl methyl sites for hydroxylation is 1. The third kappa shape index (κ3) is 4.06. The molecular weight excluding hydrogens is 278 g/mol. The molecule has 20 heavy (non-hydrogen) atoms. The highest BCUT2D eigenvalue weighted by molar-refractivity contribution is 6.29. The highest BCUT2D eigenvalue weighted by Gasteiger charge is 2.14. The predicted molar refractivity (Wildman–Crippen MR) is 75.2 cm³/mol. The van der Waals surface area contributed by atoms with Crippen LogP contribution in [0.3, 0.4) is 0 Å². The molecule has 106 valence electrons. The number of nitrogens with zero attached hydrogens (tertiary/aromatic N) is 2. The molecule has 0 fully saturated rings. The molecule has 0 bridgehead atoms. The van der Waals surface area contributed by atoms with Crippen LogP contribution in [-0.2, 0) is 11.2 Å². The zero-order valence-corrected chi connectivity index (χ0v) is 11.9. The summed E-state index contributed by atoms with van der Waals surface area (Å²) in [6.07, 6.45) is 3.32. The van der Waals surface area contributed by atoms with Crippen molar-refractivity contribution in [3.8, 4) is 0 Å². The molecule has 2 heterocycles. The minimum atomic E-state index is -0.0676. The molecule has 1 N–H and O–H groups in total. The zero-order valence-electron chi connectivity index (χ0n) is 11.2. The first-order valence-corrected chi connectivity index (χ1v) is 6.88. The third-order valence-corrected chi connectivity index (χ3v) is 3.10. The van der Waals surface area contributed by atoms with Gasteiger partial charge in [0, 0.05) is 25.1 Å². The van der Waals surface area contributed by atoms with E-state index in [9.17, 15) is 4.79 Å². The second-order valence-corrected chi connectivity index (χ2v) is 4.79. The minimum absolute atomic E-state index is 0.0463.